The van der Waals surface area contributed by atoms with Crippen molar-refractivity contribution in [3.63, 3.8) is 0 Å². The molecule has 1 aromatic heterocycles. The van der Waals surface area contributed by atoms with Crippen LogP contribution in [0.4, 0.5) is 11.4 Å². The number of nitro benzene ring substituents is 1. The van der Waals surface area contributed by atoms with Gasteiger partial charge in [-0.3, -0.25) is 14.9 Å². The Balaban J connectivity index is 2.03. The average molecular weight is 417 g/mol. The van der Waals surface area contributed by atoms with Gasteiger partial charge in [0.25, 0.3) is 5.69 Å². The Morgan fingerprint density at radius 1 is 1.34 bits per heavy atom. The summed E-state index contributed by atoms with van der Waals surface area (Å²) in [6, 6.07) is 1.54. The number of ether oxygens (including phenoxy) is 1. The summed E-state index contributed by atoms with van der Waals surface area (Å²) in [5.74, 6) is 1.13. The zero-order valence-electron chi connectivity index (χ0n) is 16.5. The number of aromatic nitrogens is 1. The van der Waals surface area contributed by atoms with Gasteiger partial charge in [-0.05, 0) is 26.7 Å². The van der Waals surface area contributed by atoms with E-state index in [1.54, 1.807) is 13.1 Å². The lowest BCUT2D eigenvalue weighted by molar-refractivity contribution is -0.384. The summed E-state index contributed by atoms with van der Waals surface area (Å²) >= 11 is 1.83. The lowest BCUT2D eigenvalue weighted by atomic mass is 10.0. The Morgan fingerprint density at radius 3 is 2.62 bits per heavy atom. The number of anilines is 1. The SMILES string of the molecule is CCOC(=O)c1cn(C2CC2)c2c(C)c(N3CCSCC3)c([N+](=O)[O-])cc2c1=O. The third-order valence-electron chi connectivity index (χ3n) is 5.46. The molecule has 0 bridgehead atoms. The summed E-state index contributed by atoms with van der Waals surface area (Å²) in [4.78, 5) is 39.0. The number of esters is 1. The first kappa shape index (κ1) is 19.8. The Morgan fingerprint density at radius 2 is 2.03 bits per heavy atom. The van der Waals surface area contributed by atoms with Crippen LogP contribution in [0.25, 0.3) is 10.9 Å². The van der Waals surface area contributed by atoms with Crippen molar-refractivity contribution in [1.82, 2.24) is 4.57 Å². The molecule has 1 saturated carbocycles. The number of aryl methyl sites for hydroxylation is 1. The number of rotatable bonds is 5. The molecular formula is C20H23N3O5S. The Hall–Kier alpha value is -2.55. The van der Waals surface area contributed by atoms with E-state index in [1.165, 1.54) is 6.07 Å². The van der Waals surface area contributed by atoms with Crippen LogP contribution in [0.2, 0.25) is 0 Å². The number of hydrogen-bond donors (Lipinski definition) is 0. The highest BCUT2D eigenvalue weighted by molar-refractivity contribution is 7.99. The summed E-state index contributed by atoms with van der Waals surface area (Å²) < 4.78 is 6.99. The van der Waals surface area contributed by atoms with Crippen molar-refractivity contribution in [2.45, 2.75) is 32.7 Å². The van der Waals surface area contributed by atoms with Crippen LogP contribution in [-0.4, -0.2) is 46.7 Å². The number of nitrogens with zero attached hydrogens (tertiary/aromatic N) is 3. The molecule has 2 aromatic rings. The monoisotopic (exact) mass is 417 g/mol. The van der Waals surface area contributed by atoms with Crippen molar-refractivity contribution in [2.24, 2.45) is 0 Å². The summed E-state index contributed by atoms with van der Waals surface area (Å²) in [6.45, 7) is 5.13. The van der Waals surface area contributed by atoms with Gasteiger partial charge in [-0.15, -0.1) is 0 Å². The molecule has 154 valence electrons. The summed E-state index contributed by atoms with van der Waals surface area (Å²) in [7, 11) is 0. The Kier molecular flexibility index (Phi) is 5.24. The molecule has 0 amide bonds. The second kappa shape index (κ2) is 7.70. The molecule has 1 aliphatic heterocycles. The van der Waals surface area contributed by atoms with Gasteiger partial charge in [-0.1, -0.05) is 0 Å². The zero-order valence-corrected chi connectivity index (χ0v) is 17.3. The molecule has 0 atom stereocenters. The van der Waals surface area contributed by atoms with Crippen LogP contribution in [0, 0.1) is 17.0 Å². The van der Waals surface area contributed by atoms with Gasteiger partial charge >= 0.3 is 5.97 Å². The molecule has 2 aliphatic rings. The standard InChI is InChI=1S/C20H23N3O5S/c1-3-28-20(25)15-11-22(13-4-5-13)17-12(2)18(21-6-8-29-9-7-21)16(23(26)27)10-14(17)19(15)24/h10-11,13H,3-9H2,1-2H3. The van der Waals surface area contributed by atoms with Gasteiger partial charge in [0.05, 0.1) is 22.4 Å². The van der Waals surface area contributed by atoms with Crippen LogP contribution in [0.5, 0.6) is 0 Å². The minimum Gasteiger partial charge on any atom is -0.462 e. The number of nitro groups is 1. The van der Waals surface area contributed by atoms with E-state index < -0.39 is 16.3 Å². The molecule has 4 rings (SSSR count). The van der Waals surface area contributed by atoms with Crippen LogP contribution >= 0.6 is 11.8 Å². The Bertz CT molecular complexity index is 1050. The molecule has 0 radical (unpaired) electrons. The van der Waals surface area contributed by atoms with E-state index in [0.29, 0.717) is 11.2 Å². The van der Waals surface area contributed by atoms with Gasteiger partial charge in [0.1, 0.15) is 11.3 Å². The van der Waals surface area contributed by atoms with Crippen molar-refractivity contribution < 1.29 is 14.5 Å². The van der Waals surface area contributed by atoms with E-state index >= 15 is 0 Å². The maximum Gasteiger partial charge on any atom is 0.343 e. The third kappa shape index (κ3) is 3.48. The fourth-order valence-electron chi connectivity index (χ4n) is 4.01. The molecule has 0 spiro atoms. The van der Waals surface area contributed by atoms with Crippen LogP contribution in [0.15, 0.2) is 17.1 Å². The maximum absolute atomic E-state index is 13.1. The quantitative estimate of drug-likeness (QED) is 0.418. The number of fused-ring (bicyclic) bond motifs is 1. The van der Waals surface area contributed by atoms with Crippen LogP contribution in [-0.2, 0) is 4.74 Å². The highest BCUT2D eigenvalue weighted by Crippen LogP contribution is 2.42. The Labute approximate surface area is 172 Å². The maximum atomic E-state index is 13.1. The highest BCUT2D eigenvalue weighted by Gasteiger charge is 2.32. The van der Waals surface area contributed by atoms with Crippen LogP contribution in [0.3, 0.4) is 0 Å². The molecule has 2 heterocycles. The molecule has 29 heavy (non-hydrogen) atoms. The van der Waals surface area contributed by atoms with Crippen molar-refractivity contribution >= 4 is 40.0 Å². The average Bonchev–Trinajstić information content (AvgIpc) is 3.54. The number of carbonyl (C=O) groups is 1. The molecular weight excluding hydrogens is 394 g/mol. The van der Waals surface area contributed by atoms with E-state index in [-0.39, 0.29) is 29.3 Å². The van der Waals surface area contributed by atoms with Gasteiger partial charge in [-0.25, -0.2) is 4.79 Å². The molecule has 1 aliphatic carbocycles. The van der Waals surface area contributed by atoms with Crippen molar-refractivity contribution in [2.75, 3.05) is 36.1 Å². The van der Waals surface area contributed by atoms with E-state index in [0.717, 1.165) is 43.0 Å². The van der Waals surface area contributed by atoms with Gasteiger partial charge in [0.15, 0.2) is 0 Å². The molecule has 0 unspecified atom stereocenters. The number of thioether (sulfide) groups is 1. The first-order valence-electron chi connectivity index (χ1n) is 9.80. The van der Waals surface area contributed by atoms with Gasteiger partial charge in [0, 0.05) is 48.5 Å². The van der Waals surface area contributed by atoms with Crippen molar-refractivity contribution in [3.05, 3.63) is 43.7 Å². The van der Waals surface area contributed by atoms with E-state index in [2.05, 4.69) is 0 Å². The first-order valence-corrected chi connectivity index (χ1v) is 11.0. The van der Waals surface area contributed by atoms with Crippen LogP contribution < -0.4 is 10.3 Å². The fourth-order valence-corrected chi connectivity index (χ4v) is 4.92. The summed E-state index contributed by atoms with van der Waals surface area (Å²) in [5.41, 5.74) is 1.33. The van der Waals surface area contributed by atoms with Crippen molar-refractivity contribution in [1.29, 1.82) is 0 Å². The topological polar surface area (TPSA) is 94.7 Å². The lowest BCUT2D eigenvalue weighted by Gasteiger charge is -2.30. The van der Waals surface area contributed by atoms with E-state index in [4.69, 9.17) is 4.74 Å². The van der Waals surface area contributed by atoms with Gasteiger partial charge in [0.2, 0.25) is 5.43 Å². The largest absolute Gasteiger partial charge is 0.462 e. The molecule has 2 fully saturated rings. The minimum atomic E-state index is -0.689. The van der Waals surface area contributed by atoms with Crippen molar-refractivity contribution in [3.8, 4) is 0 Å². The molecule has 0 N–H and O–H groups in total. The predicted octanol–water partition coefficient (Wildman–Crippen LogP) is 3.28. The molecule has 9 heteroatoms. The number of carbonyl (C=O) groups excluding carboxylic acids is 1. The molecule has 1 aromatic carbocycles. The zero-order chi connectivity index (χ0) is 20.7. The van der Waals surface area contributed by atoms with Crippen LogP contribution in [0.1, 0.15) is 41.7 Å². The predicted molar refractivity (Wildman–Crippen MR) is 113 cm³/mol. The third-order valence-corrected chi connectivity index (χ3v) is 6.41. The first-order chi connectivity index (χ1) is 13.9. The summed E-state index contributed by atoms with van der Waals surface area (Å²) in [5, 5.41) is 12.1. The number of hydrogen-bond acceptors (Lipinski definition) is 7. The lowest BCUT2D eigenvalue weighted by Crippen LogP contribution is -2.34. The second-order valence-electron chi connectivity index (χ2n) is 7.35. The second-order valence-corrected chi connectivity index (χ2v) is 8.58. The normalized spacial score (nSPS) is 16.8. The summed E-state index contributed by atoms with van der Waals surface area (Å²) in [6.07, 6.45) is 3.48. The highest BCUT2D eigenvalue weighted by atomic mass is 32.2. The number of pyridine rings is 1. The van der Waals surface area contributed by atoms with E-state index in [9.17, 15) is 19.7 Å². The van der Waals surface area contributed by atoms with E-state index in [1.807, 2.05) is 28.2 Å². The minimum absolute atomic E-state index is 0.0675. The van der Waals surface area contributed by atoms with Gasteiger partial charge < -0.3 is 14.2 Å². The number of benzene rings is 1. The fraction of sp³-hybridized carbons (Fsp3) is 0.500. The molecule has 1 saturated heterocycles. The van der Waals surface area contributed by atoms with Gasteiger partial charge in [-0.2, -0.15) is 11.8 Å². The molecule has 8 nitrogen and oxygen atoms in total. The smallest absolute Gasteiger partial charge is 0.343 e.